The van der Waals surface area contributed by atoms with E-state index >= 15 is 0 Å². The summed E-state index contributed by atoms with van der Waals surface area (Å²) in [4.78, 5) is 14.1. The summed E-state index contributed by atoms with van der Waals surface area (Å²) in [7, 11) is -2.96. The summed E-state index contributed by atoms with van der Waals surface area (Å²) in [5, 5.41) is 2.92. The Labute approximate surface area is 115 Å². The third-order valence-corrected chi connectivity index (χ3v) is 6.32. The van der Waals surface area contributed by atoms with Crippen molar-refractivity contribution >= 4 is 15.7 Å². The van der Waals surface area contributed by atoms with Gasteiger partial charge in [-0.25, -0.2) is 8.42 Å². The van der Waals surface area contributed by atoms with Crippen LogP contribution in [-0.4, -0.2) is 55.9 Å². The minimum Gasteiger partial charge on any atom is -0.340 e. The molecule has 2 unspecified atom stereocenters. The van der Waals surface area contributed by atoms with Crippen LogP contribution in [0.15, 0.2) is 0 Å². The predicted molar refractivity (Wildman–Crippen MR) is 74.7 cm³/mol. The predicted octanol–water partition coefficient (Wildman–Crippen LogP) is 0.554. The Balaban J connectivity index is 1.94. The number of hydrogen-bond acceptors (Lipinski definition) is 4. The molecule has 2 heterocycles. The Hall–Kier alpha value is -0.620. The van der Waals surface area contributed by atoms with Crippen LogP contribution >= 0.6 is 0 Å². The van der Waals surface area contributed by atoms with Crippen molar-refractivity contribution in [1.82, 2.24) is 10.2 Å². The van der Waals surface area contributed by atoms with E-state index in [0.29, 0.717) is 19.5 Å². The molecule has 110 valence electrons. The number of nitrogens with one attached hydrogen (secondary N) is 1. The van der Waals surface area contributed by atoms with E-state index in [1.54, 1.807) is 4.90 Å². The zero-order chi connectivity index (χ0) is 13.9. The lowest BCUT2D eigenvalue weighted by Gasteiger charge is -2.34. The van der Waals surface area contributed by atoms with Crippen molar-refractivity contribution in [2.75, 3.05) is 25.4 Å². The minimum atomic E-state index is -2.96. The molecule has 6 heteroatoms. The lowest BCUT2D eigenvalue weighted by atomic mass is 10.0. The van der Waals surface area contributed by atoms with Crippen LogP contribution in [0.2, 0.25) is 0 Å². The van der Waals surface area contributed by atoms with E-state index in [1.165, 1.54) is 0 Å². The summed E-state index contributed by atoms with van der Waals surface area (Å²) in [5.74, 6) is 0.374. The van der Waals surface area contributed by atoms with Crippen molar-refractivity contribution in [3.05, 3.63) is 0 Å². The van der Waals surface area contributed by atoms with Crippen molar-refractivity contribution in [3.63, 3.8) is 0 Å². The van der Waals surface area contributed by atoms with Crippen molar-refractivity contribution in [3.8, 4) is 0 Å². The number of nitrogens with zero attached hydrogens (tertiary/aromatic N) is 1. The SMILES string of the molecule is CCCNC1CCCN(CC2CCCS2(=O)=O)C1=O. The smallest absolute Gasteiger partial charge is 0.239 e. The molecule has 0 aromatic rings. The molecule has 2 atom stereocenters. The molecule has 2 rings (SSSR count). The second kappa shape index (κ2) is 6.22. The maximum atomic E-state index is 12.3. The first-order valence-corrected chi connectivity index (χ1v) is 9.00. The topological polar surface area (TPSA) is 66.5 Å². The first kappa shape index (κ1) is 14.8. The number of carbonyl (C=O) groups is 1. The molecule has 0 spiro atoms. The van der Waals surface area contributed by atoms with E-state index in [2.05, 4.69) is 12.2 Å². The fourth-order valence-corrected chi connectivity index (χ4v) is 4.77. The quantitative estimate of drug-likeness (QED) is 0.802. The van der Waals surface area contributed by atoms with E-state index in [4.69, 9.17) is 0 Å². The summed E-state index contributed by atoms with van der Waals surface area (Å²) in [5.41, 5.74) is 0. The number of sulfone groups is 1. The second-order valence-corrected chi connectivity index (χ2v) is 7.97. The first-order valence-electron chi connectivity index (χ1n) is 7.28. The molecule has 19 heavy (non-hydrogen) atoms. The van der Waals surface area contributed by atoms with Crippen LogP contribution in [0.5, 0.6) is 0 Å². The third kappa shape index (κ3) is 3.48. The maximum Gasteiger partial charge on any atom is 0.239 e. The third-order valence-electron chi connectivity index (χ3n) is 4.06. The maximum absolute atomic E-state index is 12.3. The Morgan fingerprint density at radius 1 is 1.32 bits per heavy atom. The number of hydrogen-bond donors (Lipinski definition) is 1. The van der Waals surface area contributed by atoms with Crippen molar-refractivity contribution < 1.29 is 13.2 Å². The van der Waals surface area contributed by atoms with E-state index in [-0.39, 0.29) is 23.0 Å². The molecule has 0 bridgehead atoms. The van der Waals surface area contributed by atoms with Gasteiger partial charge in [0.25, 0.3) is 0 Å². The monoisotopic (exact) mass is 288 g/mol. The standard InChI is InChI=1S/C13H24N2O3S/c1-2-7-14-12-6-3-8-15(13(12)16)10-11-5-4-9-19(11,17)18/h11-12,14H,2-10H2,1H3. The largest absolute Gasteiger partial charge is 0.340 e. The summed E-state index contributed by atoms with van der Waals surface area (Å²) >= 11 is 0. The number of rotatable bonds is 5. The van der Waals surface area contributed by atoms with Crippen molar-refractivity contribution in [2.24, 2.45) is 0 Å². The zero-order valence-corrected chi connectivity index (χ0v) is 12.4. The van der Waals surface area contributed by atoms with E-state index in [0.717, 1.165) is 32.2 Å². The van der Waals surface area contributed by atoms with Crippen LogP contribution in [0.3, 0.4) is 0 Å². The Kier molecular flexibility index (Phi) is 4.84. The van der Waals surface area contributed by atoms with E-state index in [9.17, 15) is 13.2 Å². The van der Waals surface area contributed by atoms with Crippen LogP contribution < -0.4 is 5.32 Å². The zero-order valence-electron chi connectivity index (χ0n) is 11.6. The number of likely N-dealkylation sites (tertiary alicyclic amines) is 1. The Bertz CT molecular complexity index is 422. The van der Waals surface area contributed by atoms with Gasteiger partial charge in [-0.2, -0.15) is 0 Å². The van der Waals surface area contributed by atoms with E-state index in [1.807, 2.05) is 0 Å². The molecule has 5 nitrogen and oxygen atoms in total. The fourth-order valence-electron chi connectivity index (χ4n) is 2.94. The molecular formula is C13H24N2O3S. The summed E-state index contributed by atoms with van der Waals surface area (Å²) < 4.78 is 23.7. The van der Waals surface area contributed by atoms with Gasteiger partial charge in [-0.05, 0) is 38.6 Å². The molecule has 0 saturated carbocycles. The highest BCUT2D eigenvalue weighted by molar-refractivity contribution is 7.92. The van der Waals surface area contributed by atoms with Gasteiger partial charge in [0.1, 0.15) is 0 Å². The average Bonchev–Trinajstić information content (AvgIpc) is 2.70. The summed E-state index contributed by atoms with van der Waals surface area (Å²) in [6, 6.07) is -0.113. The molecule has 0 aromatic heterocycles. The number of carbonyl (C=O) groups excluding carboxylic acids is 1. The van der Waals surface area contributed by atoms with Gasteiger partial charge >= 0.3 is 0 Å². The number of amides is 1. The van der Waals surface area contributed by atoms with Gasteiger partial charge in [0.2, 0.25) is 5.91 Å². The highest BCUT2D eigenvalue weighted by Gasteiger charge is 2.36. The molecule has 2 aliphatic heterocycles. The minimum absolute atomic E-state index is 0.0850. The van der Waals surface area contributed by atoms with Gasteiger partial charge in [-0.1, -0.05) is 6.92 Å². The molecule has 2 fully saturated rings. The van der Waals surface area contributed by atoms with Gasteiger partial charge < -0.3 is 10.2 Å². The number of piperidine rings is 1. The fraction of sp³-hybridized carbons (Fsp3) is 0.923. The molecule has 1 N–H and O–H groups in total. The van der Waals surface area contributed by atoms with Crippen molar-refractivity contribution in [2.45, 2.75) is 50.3 Å². The summed E-state index contributed by atoms with van der Waals surface area (Å²) in [6.07, 6.45) is 4.28. The lowest BCUT2D eigenvalue weighted by Crippen LogP contribution is -2.53. The Morgan fingerprint density at radius 3 is 2.74 bits per heavy atom. The van der Waals surface area contributed by atoms with E-state index < -0.39 is 9.84 Å². The van der Waals surface area contributed by atoms with Crippen LogP contribution in [0, 0.1) is 0 Å². The molecule has 2 aliphatic rings. The molecule has 2 saturated heterocycles. The molecule has 0 aliphatic carbocycles. The molecular weight excluding hydrogens is 264 g/mol. The van der Waals surface area contributed by atoms with Gasteiger partial charge in [0.15, 0.2) is 9.84 Å². The van der Waals surface area contributed by atoms with Crippen LogP contribution in [0.4, 0.5) is 0 Å². The van der Waals surface area contributed by atoms with Gasteiger partial charge in [0.05, 0.1) is 17.0 Å². The van der Waals surface area contributed by atoms with Gasteiger partial charge in [-0.3, -0.25) is 4.79 Å². The highest BCUT2D eigenvalue weighted by atomic mass is 32.2. The Morgan fingerprint density at radius 2 is 2.11 bits per heavy atom. The average molecular weight is 288 g/mol. The second-order valence-electron chi connectivity index (χ2n) is 5.56. The van der Waals surface area contributed by atoms with Crippen LogP contribution in [-0.2, 0) is 14.6 Å². The van der Waals surface area contributed by atoms with Crippen LogP contribution in [0.1, 0.15) is 39.0 Å². The van der Waals surface area contributed by atoms with Crippen molar-refractivity contribution in [1.29, 1.82) is 0 Å². The lowest BCUT2D eigenvalue weighted by molar-refractivity contribution is -0.135. The highest BCUT2D eigenvalue weighted by Crippen LogP contribution is 2.23. The summed E-state index contributed by atoms with van der Waals surface area (Å²) in [6.45, 7) is 4.01. The molecule has 1 amide bonds. The first-order chi connectivity index (χ1) is 9.04. The van der Waals surface area contributed by atoms with Gasteiger partial charge in [0, 0.05) is 13.1 Å². The van der Waals surface area contributed by atoms with Gasteiger partial charge in [-0.15, -0.1) is 0 Å². The normalized spacial score (nSPS) is 30.8. The molecule has 0 radical (unpaired) electrons. The van der Waals surface area contributed by atoms with Crippen LogP contribution in [0.25, 0.3) is 0 Å². The molecule has 0 aromatic carbocycles.